The largest absolute Gasteiger partial charge is 0.356 e. The van der Waals surface area contributed by atoms with Crippen molar-refractivity contribution in [2.24, 2.45) is 10.9 Å². The van der Waals surface area contributed by atoms with Gasteiger partial charge in [-0.05, 0) is 26.2 Å². The number of hydrogen-bond donors (Lipinski definition) is 2. The van der Waals surface area contributed by atoms with Crippen LogP contribution in [-0.2, 0) is 6.54 Å². The van der Waals surface area contributed by atoms with E-state index in [1.165, 1.54) is 43.4 Å². The Kier molecular flexibility index (Phi) is 9.31. The Morgan fingerprint density at radius 3 is 2.55 bits per heavy atom. The van der Waals surface area contributed by atoms with Gasteiger partial charge >= 0.3 is 0 Å². The van der Waals surface area contributed by atoms with E-state index in [0.717, 1.165) is 35.7 Å². The molecule has 0 aliphatic heterocycles. The van der Waals surface area contributed by atoms with Crippen LogP contribution in [0.4, 0.5) is 0 Å². The second-order valence-electron chi connectivity index (χ2n) is 5.89. The van der Waals surface area contributed by atoms with Gasteiger partial charge in [0.1, 0.15) is 0 Å². The minimum absolute atomic E-state index is 0. The molecule has 0 spiro atoms. The first-order chi connectivity index (χ1) is 10.2. The molecule has 126 valence electrons. The van der Waals surface area contributed by atoms with Gasteiger partial charge in [-0.15, -0.1) is 35.3 Å². The monoisotopic (exact) mass is 436 g/mol. The Morgan fingerprint density at radius 2 is 1.95 bits per heavy atom. The van der Waals surface area contributed by atoms with Crippen LogP contribution >= 0.6 is 35.3 Å². The molecule has 0 aromatic carbocycles. The number of hydrogen-bond acceptors (Lipinski definition) is 3. The third-order valence-corrected chi connectivity index (χ3v) is 5.28. The number of thiazole rings is 1. The topological polar surface area (TPSA) is 49.3 Å². The first-order valence-corrected chi connectivity index (χ1v) is 8.88. The molecule has 6 heteroatoms. The molecule has 0 radical (unpaired) electrons. The third-order valence-electron chi connectivity index (χ3n) is 4.21. The zero-order valence-corrected chi connectivity index (χ0v) is 17.1. The molecule has 0 bridgehead atoms. The molecule has 1 aliphatic rings. The van der Waals surface area contributed by atoms with Crippen LogP contribution in [0.2, 0.25) is 0 Å². The number of aromatic nitrogens is 1. The van der Waals surface area contributed by atoms with E-state index in [9.17, 15) is 0 Å². The molecule has 1 heterocycles. The molecule has 1 saturated carbocycles. The SMILES string of the molecule is CN=C(NCCC1CCCCC1)NCc1sc(C)nc1C.I. The molecule has 22 heavy (non-hydrogen) atoms. The van der Waals surface area contributed by atoms with Crippen molar-refractivity contribution < 1.29 is 0 Å². The van der Waals surface area contributed by atoms with Crippen LogP contribution in [0.25, 0.3) is 0 Å². The Hall–Kier alpha value is -0.370. The lowest BCUT2D eigenvalue weighted by atomic mass is 9.87. The fourth-order valence-electron chi connectivity index (χ4n) is 2.99. The van der Waals surface area contributed by atoms with E-state index in [-0.39, 0.29) is 24.0 Å². The number of rotatable bonds is 5. The zero-order chi connectivity index (χ0) is 15.1. The maximum Gasteiger partial charge on any atom is 0.191 e. The Bertz CT molecular complexity index is 467. The van der Waals surface area contributed by atoms with Crippen molar-refractivity contribution in [3.8, 4) is 0 Å². The van der Waals surface area contributed by atoms with Crippen molar-refractivity contribution in [3.63, 3.8) is 0 Å². The van der Waals surface area contributed by atoms with Gasteiger partial charge in [0.15, 0.2) is 5.96 Å². The maximum atomic E-state index is 4.46. The van der Waals surface area contributed by atoms with E-state index in [0.29, 0.717) is 0 Å². The Labute approximate surface area is 155 Å². The van der Waals surface area contributed by atoms with Crippen molar-refractivity contribution in [1.82, 2.24) is 15.6 Å². The quantitative estimate of drug-likeness (QED) is 0.417. The number of nitrogens with one attached hydrogen (secondary N) is 2. The lowest BCUT2D eigenvalue weighted by Gasteiger charge is -2.22. The minimum Gasteiger partial charge on any atom is -0.356 e. The number of aryl methyl sites for hydroxylation is 2. The number of guanidine groups is 1. The highest BCUT2D eigenvalue weighted by atomic mass is 127. The highest BCUT2D eigenvalue weighted by Crippen LogP contribution is 2.25. The molecule has 1 fully saturated rings. The minimum atomic E-state index is 0. The second-order valence-corrected chi connectivity index (χ2v) is 7.17. The average Bonchev–Trinajstić information content (AvgIpc) is 2.81. The molecule has 2 N–H and O–H groups in total. The third kappa shape index (κ3) is 6.40. The number of halogens is 1. The van der Waals surface area contributed by atoms with Gasteiger partial charge in [-0.1, -0.05) is 32.1 Å². The van der Waals surface area contributed by atoms with Gasteiger partial charge in [0.05, 0.1) is 17.2 Å². The van der Waals surface area contributed by atoms with Crippen LogP contribution in [0.15, 0.2) is 4.99 Å². The molecular weight excluding hydrogens is 407 g/mol. The molecule has 0 atom stereocenters. The van der Waals surface area contributed by atoms with Gasteiger partial charge in [0.2, 0.25) is 0 Å². The summed E-state index contributed by atoms with van der Waals surface area (Å²) in [5, 5.41) is 7.95. The maximum absolute atomic E-state index is 4.46. The molecular formula is C16H29IN4S. The first-order valence-electron chi connectivity index (χ1n) is 8.06. The van der Waals surface area contributed by atoms with Crippen molar-refractivity contribution in [2.45, 2.75) is 58.9 Å². The Balaban J connectivity index is 0.00000242. The van der Waals surface area contributed by atoms with Gasteiger partial charge in [0.25, 0.3) is 0 Å². The summed E-state index contributed by atoms with van der Waals surface area (Å²) in [6.45, 7) is 5.95. The van der Waals surface area contributed by atoms with Crippen molar-refractivity contribution >= 4 is 41.3 Å². The van der Waals surface area contributed by atoms with Gasteiger partial charge in [0, 0.05) is 18.5 Å². The van der Waals surface area contributed by atoms with Crippen LogP contribution in [-0.4, -0.2) is 24.5 Å². The van der Waals surface area contributed by atoms with Gasteiger partial charge < -0.3 is 10.6 Å². The van der Waals surface area contributed by atoms with Crippen LogP contribution in [0.1, 0.15) is 54.1 Å². The number of aliphatic imine (C=N–C) groups is 1. The average molecular weight is 436 g/mol. The summed E-state index contributed by atoms with van der Waals surface area (Å²) in [4.78, 5) is 10.1. The molecule has 2 rings (SSSR count). The summed E-state index contributed by atoms with van der Waals surface area (Å²) < 4.78 is 0. The van der Waals surface area contributed by atoms with E-state index in [1.54, 1.807) is 11.3 Å². The normalized spacial score (nSPS) is 16.2. The first kappa shape index (κ1) is 19.7. The van der Waals surface area contributed by atoms with E-state index in [4.69, 9.17) is 0 Å². The molecule has 0 saturated heterocycles. The predicted octanol–water partition coefficient (Wildman–Crippen LogP) is 4.01. The van der Waals surface area contributed by atoms with E-state index in [1.807, 2.05) is 7.05 Å². The second kappa shape index (κ2) is 10.4. The molecule has 1 aliphatic carbocycles. The Morgan fingerprint density at radius 1 is 1.23 bits per heavy atom. The molecule has 0 unspecified atom stereocenters. The summed E-state index contributed by atoms with van der Waals surface area (Å²) >= 11 is 1.76. The standard InChI is InChI=1S/C16H28N4S.HI/c1-12-15(21-13(2)20-12)11-19-16(17-3)18-10-9-14-7-5-4-6-8-14;/h14H,4-11H2,1-3H3,(H2,17,18,19);1H. The summed E-state index contributed by atoms with van der Waals surface area (Å²) in [6.07, 6.45) is 8.35. The van der Waals surface area contributed by atoms with Crippen molar-refractivity contribution in [3.05, 3.63) is 15.6 Å². The van der Waals surface area contributed by atoms with Crippen LogP contribution < -0.4 is 10.6 Å². The predicted molar refractivity (Wildman–Crippen MR) is 106 cm³/mol. The van der Waals surface area contributed by atoms with Crippen molar-refractivity contribution in [2.75, 3.05) is 13.6 Å². The van der Waals surface area contributed by atoms with E-state index in [2.05, 4.69) is 34.5 Å². The summed E-state index contributed by atoms with van der Waals surface area (Å²) in [5.74, 6) is 1.81. The summed E-state index contributed by atoms with van der Waals surface area (Å²) in [5.41, 5.74) is 1.13. The summed E-state index contributed by atoms with van der Waals surface area (Å²) in [7, 11) is 1.83. The smallest absolute Gasteiger partial charge is 0.191 e. The van der Waals surface area contributed by atoms with Crippen LogP contribution in [0, 0.1) is 19.8 Å². The molecule has 1 aromatic rings. The fraction of sp³-hybridized carbons (Fsp3) is 0.750. The summed E-state index contributed by atoms with van der Waals surface area (Å²) in [6, 6.07) is 0. The highest BCUT2D eigenvalue weighted by molar-refractivity contribution is 14.0. The van der Waals surface area contributed by atoms with Crippen LogP contribution in [0.3, 0.4) is 0 Å². The fourth-order valence-corrected chi connectivity index (χ4v) is 3.87. The highest BCUT2D eigenvalue weighted by Gasteiger charge is 2.13. The van der Waals surface area contributed by atoms with Gasteiger partial charge in [-0.3, -0.25) is 4.99 Å². The molecule has 1 aromatic heterocycles. The molecule has 4 nitrogen and oxygen atoms in total. The lowest BCUT2D eigenvalue weighted by Crippen LogP contribution is -2.37. The lowest BCUT2D eigenvalue weighted by molar-refractivity contribution is 0.339. The molecule has 0 amide bonds. The van der Waals surface area contributed by atoms with Crippen LogP contribution in [0.5, 0.6) is 0 Å². The van der Waals surface area contributed by atoms with Gasteiger partial charge in [-0.2, -0.15) is 0 Å². The number of nitrogens with zero attached hydrogens (tertiary/aromatic N) is 2. The van der Waals surface area contributed by atoms with Gasteiger partial charge in [-0.25, -0.2) is 4.98 Å². The van der Waals surface area contributed by atoms with E-state index >= 15 is 0 Å². The van der Waals surface area contributed by atoms with Crippen molar-refractivity contribution in [1.29, 1.82) is 0 Å². The van der Waals surface area contributed by atoms with E-state index < -0.39 is 0 Å². The zero-order valence-electron chi connectivity index (χ0n) is 13.9.